The lowest BCUT2D eigenvalue weighted by Crippen LogP contribution is -2.41. The van der Waals surface area contributed by atoms with Crippen LogP contribution in [0.4, 0.5) is 0 Å². The Labute approximate surface area is 107 Å². The first-order valence-electron chi connectivity index (χ1n) is 5.77. The van der Waals surface area contributed by atoms with E-state index in [0.29, 0.717) is 6.54 Å². The standard InChI is InChI=1S/C15H15N3/c1-14-8-3-4-9-15(14)18-13-7-12-17(18)11-6-5-10-16-2/h3-4,7-9,12-13H,11H2,1-2H3/q+2. The molecule has 0 radical (unpaired) electrons. The molecule has 3 heteroatoms. The third-order valence-electron chi connectivity index (χ3n) is 2.62. The summed E-state index contributed by atoms with van der Waals surface area (Å²) < 4.78 is 4.14. The molecular formula is C15H15N3+2. The summed E-state index contributed by atoms with van der Waals surface area (Å²) in [7, 11) is 1.66. The van der Waals surface area contributed by atoms with Crippen molar-refractivity contribution in [2.45, 2.75) is 13.5 Å². The average molecular weight is 237 g/mol. The Kier molecular flexibility index (Phi) is 3.79. The minimum atomic E-state index is 0.615. The highest BCUT2D eigenvalue weighted by molar-refractivity contribution is 5.38. The molecule has 1 aromatic heterocycles. The van der Waals surface area contributed by atoms with Crippen LogP contribution in [0, 0.1) is 24.8 Å². The van der Waals surface area contributed by atoms with Gasteiger partial charge in [-0.1, -0.05) is 27.7 Å². The number of hydrogen-bond donors (Lipinski definition) is 0. The highest BCUT2D eigenvalue weighted by Crippen LogP contribution is 2.10. The van der Waals surface area contributed by atoms with E-state index in [2.05, 4.69) is 46.5 Å². The van der Waals surface area contributed by atoms with Crippen molar-refractivity contribution in [1.82, 2.24) is 4.68 Å². The van der Waals surface area contributed by atoms with Crippen molar-refractivity contribution >= 4 is 0 Å². The van der Waals surface area contributed by atoms with Crippen LogP contribution in [0.5, 0.6) is 0 Å². The van der Waals surface area contributed by atoms with E-state index in [-0.39, 0.29) is 0 Å². The summed E-state index contributed by atoms with van der Waals surface area (Å²) in [5.74, 6) is 5.77. The Balaban J connectivity index is 2.31. The van der Waals surface area contributed by atoms with Gasteiger partial charge in [0.25, 0.3) is 7.05 Å². The van der Waals surface area contributed by atoms with Crippen molar-refractivity contribution in [2.75, 3.05) is 7.05 Å². The second kappa shape index (κ2) is 5.70. The van der Waals surface area contributed by atoms with E-state index in [1.54, 1.807) is 7.05 Å². The molecule has 0 unspecified atom stereocenters. The van der Waals surface area contributed by atoms with Crippen LogP contribution in [0.1, 0.15) is 5.56 Å². The van der Waals surface area contributed by atoms with Gasteiger partial charge in [0.2, 0.25) is 6.54 Å². The molecule has 0 saturated carbocycles. The molecule has 0 fully saturated rings. The second-order valence-corrected chi connectivity index (χ2v) is 3.86. The van der Waals surface area contributed by atoms with Crippen molar-refractivity contribution in [2.24, 2.45) is 0 Å². The first kappa shape index (κ1) is 12.0. The number of rotatable bonds is 2. The van der Waals surface area contributed by atoms with Crippen molar-refractivity contribution in [1.29, 1.82) is 0 Å². The Hall–Kier alpha value is -2.52. The lowest BCUT2D eigenvalue weighted by Gasteiger charge is -2.04. The zero-order chi connectivity index (χ0) is 12.8. The number of hydrogen-bond acceptors (Lipinski definition) is 0. The molecule has 18 heavy (non-hydrogen) atoms. The van der Waals surface area contributed by atoms with Crippen LogP contribution in [0.15, 0.2) is 42.7 Å². The van der Waals surface area contributed by atoms with Gasteiger partial charge in [0, 0.05) is 6.07 Å². The van der Waals surface area contributed by atoms with Gasteiger partial charge in [-0.3, -0.25) is 0 Å². The number of nitrogens with zero attached hydrogens (tertiary/aromatic N) is 3. The Morgan fingerprint density at radius 2 is 2.11 bits per heavy atom. The number of aryl methyl sites for hydroxylation is 1. The Morgan fingerprint density at radius 3 is 2.89 bits per heavy atom. The summed E-state index contributed by atoms with van der Waals surface area (Å²) in [4.78, 5) is 3.71. The number of aromatic nitrogens is 2. The van der Waals surface area contributed by atoms with Crippen LogP contribution in [-0.2, 0) is 6.54 Å². The van der Waals surface area contributed by atoms with Crippen LogP contribution in [0.3, 0.4) is 0 Å². The van der Waals surface area contributed by atoms with Gasteiger partial charge >= 0.3 is 6.07 Å². The van der Waals surface area contributed by atoms with Gasteiger partial charge in [0.1, 0.15) is 5.69 Å². The molecule has 0 aliphatic rings. The summed E-state index contributed by atoms with van der Waals surface area (Å²) in [6, 6.07) is 12.9. The molecule has 0 aliphatic heterocycles. The number of benzene rings is 1. The van der Waals surface area contributed by atoms with Gasteiger partial charge in [-0.15, -0.1) is 4.68 Å². The fraction of sp³-hybridized carbons (Fsp3) is 0.200. The summed E-state index contributed by atoms with van der Waals surface area (Å²) in [6.07, 6.45) is 4.03. The molecule has 88 valence electrons. The highest BCUT2D eigenvalue weighted by atomic mass is 15.4. The maximum atomic E-state index is 3.71. The molecule has 0 bridgehead atoms. The van der Waals surface area contributed by atoms with E-state index in [4.69, 9.17) is 0 Å². The van der Waals surface area contributed by atoms with Gasteiger partial charge in [-0.05, 0) is 24.5 Å². The normalized spacial score (nSPS) is 9.00. The topological polar surface area (TPSA) is 13.2 Å². The van der Waals surface area contributed by atoms with E-state index in [1.807, 2.05) is 35.3 Å². The maximum absolute atomic E-state index is 3.71. The summed E-state index contributed by atoms with van der Waals surface area (Å²) in [5, 5.41) is 0. The van der Waals surface area contributed by atoms with Gasteiger partial charge in [0.05, 0.1) is 12.1 Å². The molecule has 0 atom stereocenters. The molecule has 0 spiro atoms. The highest BCUT2D eigenvalue weighted by Gasteiger charge is 2.10. The lowest BCUT2D eigenvalue weighted by atomic mass is 10.2. The molecular weight excluding hydrogens is 222 g/mol. The zero-order valence-electron chi connectivity index (χ0n) is 10.6. The summed E-state index contributed by atoms with van der Waals surface area (Å²) >= 11 is 0. The van der Waals surface area contributed by atoms with E-state index in [1.165, 1.54) is 5.56 Å². The third-order valence-corrected chi connectivity index (χ3v) is 2.62. The Bertz CT molecular complexity index is 660. The zero-order valence-corrected chi connectivity index (χ0v) is 10.6. The predicted octanol–water partition coefficient (Wildman–Crippen LogP) is 2.04. The average Bonchev–Trinajstić information content (AvgIpc) is 2.83. The van der Waals surface area contributed by atoms with Crippen molar-refractivity contribution in [3.63, 3.8) is 0 Å². The molecule has 1 heterocycles. The van der Waals surface area contributed by atoms with Crippen LogP contribution < -0.4 is 4.68 Å². The largest absolute Gasteiger partial charge is 0.365 e. The molecule has 1 aromatic carbocycles. The van der Waals surface area contributed by atoms with E-state index in [9.17, 15) is 0 Å². The van der Waals surface area contributed by atoms with Gasteiger partial charge in [-0.25, -0.2) is 0 Å². The van der Waals surface area contributed by atoms with Gasteiger partial charge < -0.3 is 0 Å². The van der Waals surface area contributed by atoms with E-state index < -0.39 is 0 Å². The fourth-order valence-corrected chi connectivity index (χ4v) is 1.76. The number of para-hydroxylation sites is 1. The van der Waals surface area contributed by atoms with E-state index >= 15 is 0 Å². The molecule has 0 N–H and O–H groups in total. The van der Waals surface area contributed by atoms with Crippen molar-refractivity contribution in [3.8, 4) is 23.6 Å². The minimum absolute atomic E-state index is 0.615. The predicted molar refractivity (Wildman–Crippen MR) is 71.6 cm³/mol. The van der Waals surface area contributed by atoms with Crippen LogP contribution in [0.2, 0.25) is 0 Å². The summed E-state index contributed by atoms with van der Waals surface area (Å²) in [5.41, 5.74) is 2.40. The van der Waals surface area contributed by atoms with E-state index in [0.717, 1.165) is 5.69 Å². The van der Waals surface area contributed by atoms with Gasteiger partial charge in [-0.2, -0.15) is 0 Å². The monoisotopic (exact) mass is 237 g/mol. The first-order valence-corrected chi connectivity index (χ1v) is 5.77. The quantitative estimate of drug-likeness (QED) is 0.560. The molecule has 0 amide bonds. The van der Waals surface area contributed by atoms with Crippen LogP contribution >= 0.6 is 0 Å². The third kappa shape index (κ3) is 2.59. The van der Waals surface area contributed by atoms with Crippen LogP contribution in [-0.4, -0.2) is 11.7 Å². The molecule has 2 rings (SSSR count). The molecule has 0 saturated heterocycles. The SMILES string of the molecule is C[N+]#CC#CC[n+]1cccn1-c1ccccc1C. The Morgan fingerprint density at radius 1 is 1.28 bits per heavy atom. The first-order chi connectivity index (χ1) is 8.83. The van der Waals surface area contributed by atoms with Crippen molar-refractivity contribution in [3.05, 3.63) is 53.1 Å². The molecule has 2 aromatic rings. The molecule has 0 aliphatic carbocycles. The maximum Gasteiger partial charge on any atom is 0.365 e. The van der Waals surface area contributed by atoms with Crippen molar-refractivity contribution < 1.29 is 4.68 Å². The van der Waals surface area contributed by atoms with Crippen LogP contribution in [0.25, 0.3) is 10.5 Å². The second-order valence-electron chi connectivity index (χ2n) is 3.86. The molecule has 3 nitrogen and oxygen atoms in total. The lowest BCUT2D eigenvalue weighted by molar-refractivity contribution is -0.756. The minimum Gasteiger partial charge on any atom is -0.127 e. The fourth-order valence-electron chi connectivity index (χ4n) is 1.76. The van der Waals surface area contributed by atoms with Gasteiger partial charge in [0.15, 0.2) is 6.20 Å². The summed E-state index contributed by atoms with van der Waals surface area (Å²) in [6.45, 7) is 2.72. The smallest absolute Gasteiger partial charge is 0.127 e.